The average molecular weight is 191 g/mol. The first kappa shape index (κ1) is 9.06. The number of allylic oxidation sites excluding steroid dienone is 3. The van der Waals surface area contributed by atoms with E-state index in [-0.39, 0.29) is 12.5 Å². The molecule has 2 rings (SSSR count). The van der Waals surface area contributed by atoms with Crippen molar-refractivity contribution in [1.82, 2.24) is 5.32 Å². The van der Waals surface area contributed by atoms with Gasteiger partial charge in [0, 0.05) is 11.6 Å². The fourth-order valence-corrected chi connectivity index (χ4v) is 2.04. The van der Waals surface area contributed by atoms with Crippen LogP contribution in [0, 0.1) is 5.92 Å². The average Bonchev–Trinajstić information content (AvgIpc) is 2.45. The molecule has 1 aliphatic carbocycles. The number of nitrogens with one attached hydrogen (secondary N) is 1. The Labute approximate surface area is 82.8 Å². The van der Waals surface area contributed by atoms with Gasteiger partial charge in [0.05, 0.1) is 12.5 Å². The van der Waals surface area contributed by atoms with Gasteiger partial charge in [0.15, 0.2) is 0 Å². The molecule has 3 nitrogen and oxygen atoms in total. The van der Waals surface area contributed by atoms with Gasteiger partial charge >= 0.3 is 5.97 Å². The van der Waals surface area contributed by atoms with Crippen molar-refractivity contribution in [2.24, 2.45) is 5.92 Å². The second-order valence-electron chi connectivity index (χ2n) is 3.75. The van der Waals surface area contributed by atoms with E-state index in [0.717, 1.165) is 11.3 Å². The molecule has 0 aromatic heterocycles. The molecular formula is C11H13NO2. The first-order valence-corrected chi connectivity index (χ1v) is 4.71. The molecule has 0 bridgehead atoms. The quantitative estimate of drug-likeness (QED) is 0.694. The van der Waals surface area contributed by atoms with Crippen LogP contribution in [0.3, 0.4) is 0 Å². The van der Waals surface area contributed by atoms with Crippen LogP contribution in [-0.2, 0) is 4.79 Å². The second kappa shape index (κ2) is 3.33. The number of carboxylic acids is 1. The standard InChI is InChI=1S/C11H13NO2/c1-7-5-8-3-2-4-9(6-10(13)14)11(8)12-7/h2-5,8,11-12H,6H2,1H3,(H,13,14). The summed E-state index contributed by atoms with van der Waals surface area (Å²) in [5, 5.41) is 12.0. The highest BCUT2D eigenvalue weighted by Crippen LogP contribution is 2.28. The van der Waals surface area contributed by atoms with E-state index in [4.69, 9.17) is 5.11 Å². The predicted octanol–water partition coefficient (Wildman–Crippen LogP) is 1.45. The highest BCUT2D eigenvalue weighted by molar-refractivity contribution is 5.71. The zero-order chi connectivity index (χ0) is 10.1. The fourth-order valence-electron chi connectivity index (χ4n) is 2.04. The maximum atomic E-state index is 10.6. The molecular weight excluding hydrogens is 178 g/mol. The number of carbonyl (C=O) groups is 1. The third-order valence-corrected chi connectivity index (χ3v) is 2.61. The molecule has 0 amide bonds. The second-order valence-corrected chi connectivity index (χ2v) is 3.75. The molecule has 0 saturated carbocycles. The Morgan fingerprint density at radius 2 is 2.43 bits per heavy atom. The lowest BCUT2D eigenvalue weighted by Gasteiger charge is -2.23. The van der Waals surface area contributed by atoms with E-state index in [2.05, 4.69) is 17.5 Å². The van der Waals surface area contributed by atoms with Crippen molar-refractivity contribution in [1.29, 1.82) is 0 Å². The van der Waals surface area contributed by atoms with Gasteiger partial charge in [0.25, 0.3) is 0 Å². The molecule has 0 fully saturated rings. The zero-order valence-corrected chi connectivity index (χ0v) is 8.03. The smallest absolute Gasteiger partial charge is 0.307 e. The third-order valence-electron chi connectivity index (χ3n) is 2.61. The van der Waals surface area contributed by atoms with Crippen LogP contribution < -0.4 is 5.32 Å². The summed E-state index contributed by atoms with van der Waals surface area (Å²) in [5.74, 6) is -0.439. The van der Waals surface area contributed by atoms with Crippen molar-refractivity contribution >= 4 is 5.97 Å². The van der Waals surface area contributed by atoms with E-state index in [9.17, 15) is 4.79 Å². The molecule has 1 aliphatic heterocycles. The molecule has 0 aromatic carbocycles. The number of carboxylic acid groups (broad SMARTS) is 1. The molecule has 3 heteroatoms. The zero-order valence-electron chi connectivity index (χ0n) is 8.03. The van der Waals surface area contributed by atoms with Crippen molar-refractivity contribution in [3.05, 3.63) is 35.6 Å². The van der Waals surface area contributed by atoms with Crippen molar-refractivity contribution in [3.63, 3.8) is 0 Å². The van der Waals surface area contributed by atoms with Gasteiger partial charge in [-0.15, -0.1) is 0 Å². The number of hydrogen-bond acceptors (Lipinski definition) is 2. The summed E-state index contributed by atoms with van der Waals surface area (Å²) in [7, 11) is 0. The summed E-state index contributed by atoms with van der Waals surface area (Å²) in [5.41, 5.74) is 2.08. The highest BCUT2D eigenvalue weighted by atomic mass is 16.4. The van der Waals surface area contributed by atoms with Gasteiger partial charge in [-0.2, -0.15) is 0 Å². The number of fused-ring (bicyclic) bond motifs is 1. The molecule has 2 atom stereocenters. The Balaban J connectivity index is 2.16. The molecule has 0 aromatic rings. The minimum atomic E-state index is -0.767. The summed E-state index contributed by atoms with van der Waals surface area (Å²) in [6, 6.07) is 0.163. The minimum absolute atomic E-state index is 0.125. The van der Waals surface area contributed by atoms with Crippen LogP contribution in [0.4, 0.5) is 0 Å². The molecule has 14 heavy (non-hydrogen) atoms. The predicted molar refractivity (Wildman–Crippen MR) is 53.6 cm³/mol. The summed E-state index contributed by atoms with van der Waals surface area (Å²) in [6.45, 7) is 2.00. The highest BCUT2D eigenvalue weighted by Gasteiger charge is 2.28. The maximum Gasteiger partial charge on any atom is 0.307 e. The van der Waals surface area contributed by atoms with Gasteiger partial charge in [-0.25, -0.2) is 0 Å². The van der Waals surface area contributed by atoms with Crippen molar-refractivity contribution < 1.29 is 9.90 Å². The van der Waals surface area contributed by atoms with Crippen molar-refractivity contribution in [2.75, 3.05) is 0 Å². The third kappa shape index (κ3) is 1.58. The van der Waals surface area contributed by atoms with E-state index >= 15 is 0 Å². The molecule has 0 saturated heterocycles. The van der Waals surface area contributed by atoms with Crippen LogP contribution in [0.1, 0.15) is 13.3 Å². The Kier molecular flexibility index (Phi) is 2.15. The lowest BCUT2D eigenvalue weighted by molar-refractivity contribution is -0.136. The van der Waals surface area contributed by atoms with Gasteiger partial charge < -0.3 is 10.4 Å². The molecule has 2 unspecified atom stereocenters. The first-order chi connectivity index (χ1) is 6.66. The Morgan fingerprint density at radius 3 is 3.14 bits per heavy atom. The van der Waals surface area contributed by atoms with Crippen LogP contribution in [0.2, 0.25) is 0 Å². The van der Waals surface area contributed by atoms with Crippen LogP contribution in [0.15, 0.2) is 35.6 Å². The first-order valence-electron chi connectivity index (χ1n) is 4.71. The largest absolute Gasteiger partial charge is 0.481 e. The van der Waals surface area contributed by atoms with Gasteiger partial charge in [-0.05, 0) is 12.5 Å². The van der Waals surface area contributed by atoms with Gasteiger partial charge in [0.2, 0.25) is 0 Å². The lowest BCUT2D eigenvalue weighted by atomic mass is 9.89. The van der Waals surface area contributed by atoms with Gasteiger partial charge in [0.1, 0.15) is 0 Å². The summed E-state index contributed by atoms with van der Waals surface area (Å²) < 4.78 is 0. The summed E-state index contributed by atoms with van der Waals surface area (Å²) in [6.07, 6.45) is 8.19. The van der Waals surface area contributed by atoms with E-state index < -0.39 is 5.97 Å². The molecule has 74 valence electrons. The molecule has 0 spiro atoms. The lowest BCUT2D eigenvalue weighted by Crippen LogP contribution is -2.31. The molecule has 2 N–H and O–H groups in total. The Morgan fingerprint density at radius 1 is 1.64 bits per heavy atom. The fraction of sp³-hybridized carbons (Fsp3) is 0.364. The Bertz CT molecular complexity index is 352. The van der Waals surface area contributed by atoms with Crippen molar-refractivity contribution in [3.8, 4) is 0 Å². The Hall–Kier alpha value is -1.51. The molecule has 2 aliphatic rings. The maximum absolute atomic E-state index is 10.6. The SMILES string of the molecule is CC1=CC2C=CC=C(CC(=O)O)C2N1. The number of rotatable bonds is 2. The summed E-state index contributed by atoms with van der Waals surface area (Å²) in [4.78, 5) is 10.6. The van der Waals surface area contributed by atoms with E-state index in [0.29, 0.717) is 5.92 Å². The normalized spacial score (nSPS) is 28.9. The number of hydrogen-bond donors (Lipinski definition) is 2. The molecule has 1 heterocycles. The van der Waals surface area contributed by atoms with Crippen LogP contribution in [0.25, 0.3) is 0 Å². The van der Waals surface area contributed by atoms with Crippen LogP contribution in [-0.4, -0.2) is 17.1 Å². The topological polar surface area (TPSA) is 49.3 Å². The minimum Gasteiger partial charge on any atom is -0.481 e. The molecule has 0 radical (unpaired) electrons. The van der Waals surface area contributed by atoms with Gasteiger partial charge in [-0.1, -0.05) is 24.3 Å². The van der Waals surface area contributed by atoms with Gasteiger partial charge in [-0.3, -0.25) is 4.79 Å². The van der Waals surface area contributed by atoms with E-state index in [1.165, 1.54) is 0 Å². The van der Waals surface area contributed by atoms with E-state index in [1.807, 2.05) is 19.1 Å². The summed E-state index contributed by atoms with van der Waals surface area (Å²) >= 11 is 0. The monoisotopic (exact) mass is 191 g/mol. The van der Waals surface area contributed by atoms with Crippen LogP contribution in [0.5, 0.6) is 0 Å². The van der Waals surface area contributed by atoms with Crippen LogP contribution >= 0.6 is 0 Å². The number of aliphatic carboxylic acids is 1. The van der Waals surface area contributed by atoms with E-state index in [1.54, 1.807) is 0 Å². The van der Waals surface area contributed by atoms with Crippen molar-refractivity contribution in [2.45, 2.75) is 19.4 Å².